The summed E-state index contributed by atoms with van der Waals surface area (Å²) in [5.74, 6) is -0.0919. The van der Waals surface area contributed by atoms with Crippen LogP contribution in [-0.2, 0) is 9.59 Å². The molecule has 1 heterocycles. The van der Waals surface area contributed by atoms with Gasteiger partial charge in [0.25, 0.3) is 5.91 Å². The smallest absolute Gasteiger partial charge is 0.259 e. The van der Waals surface area contributed by atoms with Crippen molar-refractivity contribution in [2.24, 2.45) is 5.92 Å². The van der Waals surface area contributed by atoms with Crippen molar-refractivity contribution in [3.05, 3.63) is 69.2 Å². The fourth-order valence-electron chi connectivity index (χ4n) is 3.69. The van der Waals surface area contributed by atoms with Crippen LogP contribution in [0.5, 0.6) is 5.75 Å². The molecule has 0 atom stereocenters. The third-order valence-electron chi connectivity index (χ3n) is 5.89. The van der Waals surface area contributed by atoms with Crippen LogP contribution < -0.4 is 10.1 Å². The number of carbonyl (C=O) groups excluding carboxylic acids is 3. The van der Waals surface area contributed by atoms with Crippen molar-refractivity contribution in [2.45, 2.75) is 6.42 Å². The summed E-state index contributed by atoms with van der Waals surface area (Å²) < 4.78 is 5.57. The first-order valence-corrected chi connectivity index (χ1v) is 12.5. The lowest BCUT2D eigenvalue weighted by atomic mass is 9.90. The maximum atomic E-state index is 12.6. The number of amides is 2. The Hall–Kier alpha value is -3.38. The molecule has 1 aliphatic rings. The highest BCUT2D eigenvalue weighted by Crippen LogP contribution is 2.26. The van der Waals surface area contributed by atoms with Gasteiger partial charge in [0.2, 0.25) is 5.91 Å². The van der Waals surface area contributed by atoms with Gasteiger partial charge in [-0.05, 0) is 55.4 Å². The van der Waals surface area contributed by atoms with E-state index in [9.17, 15) is 19.6 Å². The standard InChI is InChI=1S/C27H28Cl2N4O4/c1-32(2)26(35)17-37-24-8-4-18(14-30)12-19(24)6-9-25(34)31-10-3-11-33-15-21(16-33)27(36)20-5-7-22(28)23(29)13-20/h4-9,12-13,21H,3,10-11,15-17H2,1-2H3,(H,31,34)/b9-6+. The minimum absolute atomic E-state index is 0.0585. The maximum absolute atomic E-state index is 12.6. The molecule has 0 radical (unpaired) electrons. The first kappa shape index (κ1) is 28.2. The van der Waals surface area contributed by atoms with Crippen molar-refractivity contribution >= 4 is 46.9 Å². The number of halogens is 2. The van der Waals surface area contributed by atoms with Crippen molar-refractivity contribution < 1.29 is 19.1 Å². The number of likely N-dealkylation sites (N-methyl/N-ethyl adjacent to an activating group) is 1. The fraction of sp³-hybridized carbons (Fsp3) is 0.333. The molecule has 37 heavy (non-hydrogen) atoms. The van der Waals surface area contributed by atoms with Crippen LogP contribution in [-0.4, -0.2) is 74.3 Å². The molecule has 1 N–H and O–H groups in total. The molecule has 194 valence electrons. The Morgan fingerprint density at radius 3 is 2.59 bits per heavy atom. The molecule has 0 aliphatic carbocycles. The number of likely N-dealkylation sites (tertiary alicyclic amines) is 1. The summed E-state index contributed by atoms with van der Waals surface area (Å²) in [7, 11) is 3.26. The van der Waals surface area contributed by atoms with Crippen molar-refractivity contribution in [1.82, 2.24) is 15.1 Å². The van der Waals surface area contributed by atoms with Crippen molar-refractivity contribution in [2.75, 3.05) is 46.9 Å². The summed E-state index contributed by atoms with van der Waals surface area (Å²) >= 11 is 11.9. The third-order valence-corrected chi connectivity index (χ3v) is 6.62. The molecule has 2 aromatic rings. The van der Waals surface area contributed by atoms with Crippen LogP contribution in [0, 0.1) is 17.2 Å². The van der Waals surface area contributed by atoms with Gasteiger partial charge in [-0.3, -0.25) is 14.4 Å². The fourth-order valence-corrected chi connectivity index (χ4v) is 3.99. The molecule has 2 amide bonds. The average molecular weight is 543 g/mol. The molecular formula is C27H28Cl2N4O4. The zero-order valence-electron chi connectivity index (χ0n) is 20.7. The molecule has 0 unspecified atom stereocenters. The second-order valence-electron chi connectivity index (χ2n) is 8.87. The number of Topliss-reactive ketones (excluding diaryl/α,β-unsaturated/α-hetero) is 1. The Bertz CT molecular complexity index is 1230. The van der Waals surface area contributed by atoms with Crippen molar-refractivity contribution in [3.8, 4) is 11.8 Å². The lowest BCUT2D eigenvalue weighted by Crippen LogP contribution is -2.50. The van der Waals surface area contributed by atoms with Gasteiger partial charge in [0.05, 0.1) is 21.7 Å². The van der Waals surface area contributed by atoms with E-state index in [2.05, 4.69) is 16.3 Å². The predicted molar refractivity (Wildman–Crippen MR) is 143 cm³/mol. The molecule has 10 heteroatoms. The largest absolute Gasteiger partial charge is 0.483 e. The normalized spacial score (nSPS) is 13.6. The maximum Gasteiger partial charge on any atom is 0.259 e. The molecular weight excluding hydrogens is 515 g/mol. The molecule has 2 aromatic carbocycles. The number of hydrogen-bond acceptors (Lipinski definition) is 6. The van der Waals surface area contributed by atoms with Gasteiger partial charge in [-0.1, -0.05) is 23.2 Å². The number of ketones is 1. The zero-order chi connectivity index (χ0) is 26.9. The van der Waals surface area contributed by atoms with Gasteiger partial charge in [-0.25, -0.2) is 0 Å². The van der Waals surface area contributed by atoms with E-state index in [1.54, 1.807) is 56.6 Å². The minimum atomic E-state index is -0.283. The van der Waals surface area contributed by atoms with Gasteiger partial charge in [-0.15, -0.1) is 0 Å². The van der Waals surface area contributed by atoms with Gasteiger partial charge in [-0.2, -0.15) is 5.26 Å². The monoisotopic (exact) mass is 542 g/mol. The molecule has 0 aromatic heterocycles. The summed E-state index contributed by atoms with van der Waals surface area (Å²) in [6.45, 7) is 2.42. The number of rotatable bonds is 11. The minimum Gasteiger partial charge on any atom is -0.483 e. The third kappa shape index (κ3) is 8.05. The Labute approximate surface area is 226 Å². The first-order chi connectivity index (χ1) is 17.7. The molecule has 0 saturated carbocycles. The predicted octanol–water partition coefficient (Wildman–Crippen LogP) is 3.67. The van der Waals surface area contributed by atoms with Crippen LogP contribution in [0.25, 0.3) is 6.08 Å². The van der Waals surface area contributed by atoms with Crippen LogP contribution >= 0.6 is 23.2 Å². The Kier molecular flexibility index (Phi) is 10.1. The van der Waals surface area contributed by atoms with Crippen LogP contribution in [0.1, 0.15) is 27.9 Å². The molecule has 1 aliphatic heterocycles. The highest BCUT2D eigenvalue weighted by atomic mass is 35.5. The van der Waals surface area contributed by atoms with E-state index < -0.39 is 0 Å². The Balaban J connectivity index is 1.41. The summed E-state index contributed by atoms with van der Waals surface area (Å²) in [5.41, 5.74) is 1.51. The van der Waals surface area contributed by atoms with Crippen LogP contribution in [0.4, 0.5) is 0 Å². The zero-order valence-corrected chi connectivity index (χ0v) is 22.2. The highest BCUT2D eigenvalue weighted by Gasteiger charge is 2.32. The molecule has 0 bridgehead atoms. The van der Waals surface area contributed by atoms with Crippen LogP contribution in [0.15, 0.2) is 42.5 Å². The molecule has 3 rings (SSSR count). The highest BCUT2D eigenvalue weighted by molar-refractivity contribution is 6.42. The van der Waals surface area contributed by atoms with E-state index in [1.165, 1.54) is 11.0 Å². The van der Waals surface area contributed by atoms with Crippen LogP contribution in [0.2, 0.25) is 10.0 Å². The van der Waals surface area contributed by atoms with E-state index in [0.717, 1.165) is 13.0 Å². The second kappa shape index (κ2) is 13.2. The molecule has 1 fully saturated rings. The quantitative estimate of drug-likeness (QED) is 0.264. The first-order valence-electron chi connectivity index (χ1n) is 11.7. The summed E-state index contributed by atoms with van der Waals surface area (Å²) in [4.78, 5) is 40.2. The van der Waals surface area contributed by atoms with Gasteiger partial charge < -0.3 is 19.9 Å². The van der Waals surface area contributed by atoms with Crippen molar-refractivity contribution in [3.63, 3.8) is 0 Å². The number of ether oxygens (including phenoxy) is 1. The van der Waals surface area contributed by atoms with Gasteiger partial charge in [0.15, 0.2) is 12.4 Å². The molecule has 8 nitrogen and oxygen atoms in total. The number of carbonyl (C=O) groups is 3. The van der Waals surface area contributed by atoms with Gasteiger partial charge >= 0.3 is 0 Å². The molecule has 0 spiro atoms. The summed E-state index contributed by atoms with van der Waals surface area (Å²) in [6.07, 6.45) is 3.66. The topological polar surface area (TPSA) is 103 Å². The second-order valence-corrected chi connectivity index (χ2v) is 9.68. The van der Waals surface area contributed by atoms with Crippen LogP contribution in [0.3, 0.4) is 0 Å². The average Bonchev–Trinajstić information content (AvgIpc) is 2.86. The number of nitrogens with zero attached hydrogens (tertiary/aromatic N) is 3. The number of benzene rings is 2. The number of hydrogen-bond donors (Lipinski definition) is 1. The van der Waals surface area contributed by atoms with Gasteiger partial charge in [0, 0.05) is 56.9 Å². The Morgan fingerprint density at radius 1 is 1.16 bits per heavy atom. The lowest BCUT2D eigenvalue weighted by Gasteiger charge is -2.38. The lowest BCUT2D eigenvalue weighted by molar-refractivity contribution is -0.130. The number of nitrogens with one attached hydrogen (secondary N) is 1. The van der Waals surface area contributed by atoms with E-state index in [4.69, 9.17) is 27.9 Å². The van der Waals surface area contributed by atoms with E-state index in [0.29, 0.717) is 52.1 Å². The van der Waals surface area contributed by atoms with Gasteiger partial charge in [0.1, 0.15) is 5.75 Å². The van der Waals surface area contributed by atoms with E-state index in [1.807, 2.05) is 0 Å². The summed E-state index contributed by atoms with van der Waals surface area (Å²) in [5, 5.41) is 12.8. The van der Waals surface area contributed by atoms with E-state index in [-0.39, 0.29) is 30.1 Å². The van der Waals surface area contributed by atoms with E-state index >= 15 is 0 Å². The Morgan fingerprint density at radius 2 is 1.92 bits per heavy atom. The summed E-state index contributed by atoms with van der Waals surface area (Å²) in [6, 6.07) is 11.8. The number of nitriles is 1. The molecule has 1 saturated heterocycles. The van der Waals surface area contributed by atoms with Crippen molar-refractivity contribution in [1.29, 1.82) is 5.26 Å². The SMILES string of the molecule is CN(C)C(=O)COc1ccc(C#N)cc1/C=C/C(=O)NCCCN1CC(C(=O)c2ccc(Cl)c(Cl)c2)C1.